The van der Waals surface area contributed by atoms with Gasteiger partial charge in [0.15, 0.2) is 11.5 Å². The summed E-state index contributed by atoms with van der Waals surface area (Å²) in [5.74, 6) is 1.46. The largest absolute Gasteiger partial charge is 0.504 e. The van der Waals surface area contributed by atoms with Crippen molar-refractivity contribution in [3.05, 3.63) is 23.3 Å². The number of phenols is 1. The van der Waals surface area contributed by atoms with Crippen LogP contribution in [0, 0.1) is 5.92 Å². The van der Waals surface area contributed by atoms with E-state index < -0.39 is 0 Å². The Morgan fingerprint density at radius 2 is 2.07 bits per heavy atom. The third kappa shape index (κ3) is 2.86. The first-order valence-corrected chi connectivity index (χ1v) is 10.3. The Morgan fingerprint density at radius 1 is 1.30 bits per heavy atom. The van der Waals surface area contributed by atoms with Crippen molar-refractivity contribution in [2.24, 2.45) is 5.92 Å². The van der Waals surface area contributed by atoms with Gasteiger partial charge in [-0.15, -0.1) is 0 Å². The van der Waals surface area contributed by atoms with Crippen LogP contribution in [0.3, 0.4) is 0 Å². The predicted molar refractivity (Wildman–Crippen MR) is 107 cm³/mol. The Balaban J connectivity index is 1.85. The summed E-state index contributed by atoms with van der Waals surface area (Å²) in [4.78, 5) is 2.52. The number of piperidine rings is 1. The molecule has 0 amide bonds. The quantitative estimate of drug-likeness (QED) is 0.849. The number of ether oxygens (including phenoxy) is 2. The summed E-state index contributed by atoms with van der Waals surface area (Å²) in [7, 11) is 5.74. The van der Waals surface area contributed by atoms with E-state index in [-0.39, 0.29) is 11.5 Å². The maximum Gasteiger partial charge on any atom is 0.161 e. The van der Waals surface area contributed by atoms with Gasteiger partial charge in [0.1, 0.15) is 0 Å². The number of likely N-dealkylation sites (tertiary alicyclic amines) is 1. The second-order valence-electron chi connectivity index (χ2n) is 9.06. The molecular weight excluding hydrogens is 340 g/mol. The van der Waals surface area contributed by atoms with Gasteiger partial charge in [0.05, 0.1) is 13.2 Å². The number of phenolic OH excluding ortho intramolecular Hbond substituents is 1. The molecule has 5 heteroatoms. The molecule has 1 heterocycles. The molecule has 2 N–H and O–H groups in total. The monoisotopic (exact) mass is 374 g/mol. The van der Waals surface area contributed by atoms with Gasteiger partial charge in [-0.1, -0.05) is 19.9 Å². The summed E-state index contributed by atoms with van der Waals surface area (Å²) in [6.45, 7) is 5.47. The van der Waals surface area contributed by atoms with Crippen molar-refractivity contribution in [2.75, 3.05) is 27.8 Å². The third-order valence-corrected chi connectivity index (χ3v) is 7.39. The summed E-state index contributed by atoms with van der Waals surface area (Å²) in [5, 5.41) is 14.9. The average Bonchev–Trinajstić information content (AvgIpc) is 2.63. The lowest BCUT2D eigenvalue weighted by Gasteiger charge is -2.61. The zero-order valence-electron chi connectivity index (χ0n) is 17.3. The first-order chi connectivity index (χ1) is 12.9. The molecule has 1 aromatic carbocycles. The number of nitrogens with zero attached hydrogens (tertiary/aromatic N) is 1. The molecule has 27 heavy (non-hydrogen) atoms. The topological polar surface area (TPSA) is 54.0 Å². The fourth-order valence-electron chi connectivity index (χ4n) is 6.27. The zero-order chi connectivity index (χ0) is 19.3. The number of nitrogens with one attached hydrogen (secondary N) is 1. The molecule has 2 unspecified atom stereocenters. The molecule has 0 spiro atoms. The minimum atomic E-state index is -0.00896. The van der Waals surface area contributed by atoms with E-state index in [9.17, 15) is 5.11 Å². The molecule has 5 nitrogen and oxygen atoms in total. The fourth-order valence-corrected chi connectivity index (χ4v) is 6.27. The molecule has 3 aliphatic rings. The Hall–Kier alpha value is -1.30. The summed E-state index contributed by atoms with van der Waals surface area (Å²) in [5.41, 5.74) is 2.44. The van der Waals surface area contributed by atoms with Gasteiger partial charge < -0.3 is 24.8 Å². The van der Waals surface area contributed by atoms with Gasteiger partial charge in [-0.05, 0) is 56.8 Å². The minimum absolute atomic E-state index is 0.00896. The third-order valence-electron chi connectivity index (χ3n) is 7.39. The molecule has 5 atom stereocenters. The number of fused-ring (bicyclic) bond motifs is 1. The number of methoxy groups -OCH3 is 2. The smallest absolute Gasteiger partial charge is 0.161 e. The van der Waals surface area contributed by atoms with Crippen LogP contribution in [0.25, 0.3) is 0 Å². The highest BCUT2D eigenvalue weighted by molar-refractivity contribution is 5.56. The van der Waals surface area contributed by atoms with Crippen LogP contribution in [0.2, 0.25) is 0 Å². The van der Waals surface area contributed by atoms with Crippen molar-refractivity contribution in [1.82, 2.24) is 10.2 Å². The average molecular weight is 375 g/mol. The molecule has 2 bridgehead atoms. The van der Waals surface area contributed by atoms with Crippen molar-refractivity contribution in [3.8, 4) is 11.5 Å². The number of hydrogen-bond donors (Lipinski definition) is 2. The lowest BCUT2D eigenvalue weighted by atomic mass is 9.51. The standard InChI is InChI=1S/C22H34N2O3/c1-13(2)23-16-12-22-8-9-24(3)17(15(22)11-19(16)27-5)10-14-6-7-18(26-4)21(25)20(14)22/h6-7,13,15-17,19,23,25H,8-12H2,1-5H3/t15-,16?,17+,19?,22-/m0/s1. The van der Waals surface area contributed by atoms with Crippen LogP contribution in [0.1, 0.15) is 44.2 Å². The van der Waals surface area contributed by atoms with Gasteiger partial charge in [-0.3, -0.25) is 0 Å². The zero-order valence-corrected chi connectivity index (χ0v) is 17.3. The number of rotatable bonds is 4. The minimum Gasteiger partial charge on any atom is -0.504 e. The van der Waals surface area contributed by atoms with Crippen LogP contribution in [-0.2, 0) is 16.6 Å². The van der Waals surface area contributed by atoms with E-state index in [1.54, 1.807) is 7.11 Å². The Kier molecular flexibility index (Phi) is 4.90. The summed E-state index contributed by atoms with van der Waals surface area (Å²) in [6.07, 6.45) is 4.33. The highest BCUT2D eigenvalue weighted by Gasteiger charge is 2.58. The van der Waals surface area contributed by atoms with Gasteiger partial charge in [0, 0.05) is 36.2 Å². The highest BCUT2D eigenvalue weighted by atomic mass is 16.5. The maximum absolute atomic E-state index is 11.1. The predicted octanol–water partition coefficient (Wildman–Crippen LogP) is 2.69. The van der Waals surface area contributed by atoms with Crippen LogP contribution in [0.5, 0.6) is 11.5 Å². The maximum atomic E-state index is 11.1. The molecule has 2 fully saturated rings. The van der Waals surface area contributed by atoms with Crippen molar-refractivity contribution in [1.29, 1.82) is 0 Å². The molecule has 0 radical (unpaired) electrons. The van der Waals surface area contributed by atoms with E-state index in [0.717, 1.165) is 37.8 Å². The SMILES string of the molecule is COc1ccc2c(c1O)[C@]13CCN(C)[C@H](C2)[C@@H]1CC(OC)C(NC(C)C)C3. The molecule has 1 saturated heterocycles. The van der Waals surface area contributed by atoms with Crippen molar-refractivity contribution >= 4 is 0 Å². The van der Waals surface area contributed by atoms with E-state index in [1.165, 1.54) is 5.56 Å². The molecule has 1 aliphatic heterocycles. The second kappa shape index (κ2) is 6.94. The van der Waals surface area contributed by atoms with E-state index in [1.807, 2.05) is 13.2 Å². The number of hydrogen-bond acceptors (Lipinski definition) is 5. The van der Waals surface area contributed by atoms with Gasteiger partial charge in [-0.2, -0.15) is 0 Å². The van der Waals surface area contributed by atoms with E-state index in [2.05, 4.69) is 37.2 Å². The summed E-state index contributed by atoms with van der Waals surface area (Å²) in [6, 6.07) is 5.31. The molecular formula is C22H34N2O3. The first kappa shape index (κ1) is 19.0. The highest BCUT2D eigenvalue weighted by Crippen LogP contribution is 2.59. The van der Waals surface area contributed by atoms with E-state index >= 15 is 0 Å². The normalized spacial score (nSPS) is 35.6. The molecule has 2 aliphatic carbocycles. The summed E-state index contributed by atoms with van der Waals surface area (Å²) < 4.78 is 11.4. The number of benzene rings is 1. The van der Waals surface area contributed by atoms with Crippen LogP contribution in [-0.4, -0.2) is 62.0 Å². The van der Waals surface area contributed by atoms with E-state index in [4.69, 9.17) is 9.47 Å². The number of aromatic hydroxyl groups is 1. The van der Waals surface area contributed by atoms with Crippen molar-refractivity contribution in [3.63, 3.8) is 0 Å². The molecule has 150 valence electrons. The Morgan fingerprint density at radius 3 is 2.74 bits per heavy atom. The van der Waals surface area contributed by atoms with Crippen LogP contribution < -0.4 is 10.1 Å². The van der Waals surface area contributed by atoms with Gasteiger partial charge in [0.2, 0.25) is 0 Å². The van der Waals surface area contributed by atoms with E-state index in [0.29, 0.717) is 35.5 Å². The Bertz CT molecular complexity index is 707. The lowest BCUT2D eigenvalue weighted by Crippen LogP contribution is -2.65. The number of likely N-dealkylation sites (N-methyl/N-ethyl adjacent to an activating group) is 1. The van der Waals surface area contributed by atoms with Crippen molar-refractivity contribution < 1.29 is 14.6 Å². The van der Waals surface area contributed by atoms with Crippen LogP contribution in [0.15, 0.2) is 12.1 Å². The first-order valence-electron chi connectivity index (χ1n) is 10.3. The molecule has 1 aromatic rings. The molecule has 4 rings (SSSR count). The van der Waals surface area contributed by atoms with Gasteiger partial charge in [-0.25, -0.2) is 0 Å². The summed E-state index contributed by atoms with van der Waals surface area (Å²) >= 11 is 0. The van der Waals surface area contributed by atoms with Crippen LogP contribution in [0.4, 0.5) is 0 Å². The molecule has 1 saturated carbocycles. The van der Waals surface area contributed by atoms with Gasteiger partial charge >= 0.3 is 0 Å². The Labute approximate surface area is 163 Å². The van der Waals surface area contributed by atoms with Crippen LogP contribution >= 0.6 is 0 Å². The van der Waals surface area contributed by atoms with Gasteiger partial charge in [0.25, 0.3) is 0 Å². The lowest BCUT2D eigenvalue weighted by molar-refractivity contribution is -0.0709. The molecule has 0 aromatic heterocycles. The fraction of sp³-hybridized carbons (Fsp3) is 0.727. The van der Waals surface area contributed by atoms with Crippen molar-refractivity contribution in [2.45, 2.75) is 69.2 Å². The second-order valence-corrected chi connectivity index (χ2v) is 9.06.